The fourth-order valence-corrected chi connectivity index (χ4v) is 2.92. The van der Waals surface area contributed by atoms with Gasteiger partial charge in [-0.1, -0.05) is 19.3 Å². The molecule has 116 valence electrons. The van der Waals surface area contributed by atoms with E-state index in [1.54, 1.807) is 0 Å². The topological polar surface area (TPSA) is 59.0 Å². The highest BCUT2D eigenvalue weighted by Crippen LogP contribution is 2.27. The molecule has 2 aliphatic carbocycles. The highest BCUT2D eigenvalue weighted by Gasteiger charge is 2.25. The molecule has 3 rings (SSSR count). The summed E-state index contributed by atoms with van der Waals surface area (Å²) >= 11 is 0. The Morgan fingerprint density at radius 3 is 2.81 bits per heavy atom. The maximum absolute atomic E-state index is 11.9. The van der Waals surface area contributed by atoms with E-state index in [0.29, 0.717) is 18.6 Å². The molecular formula is C16H26N4O. The van der Waals surface area contributed by atoms with Gasteiger partial charge in [0, 0.05) is 18.8 Å². The second-order valence-electron chi connectivity index (χ2n) is 6.46. The number of amides is 1. The predicted octanol–water partition coefficient (Wildman–Crippen LogP) is 2.14. The summed E-state index contributed by atoms with van der Waals surface area (Å²) < 4.78 is 2.12. The molecule has 1 atom stereocenters. The van der Waals surface area contributed by atoms with Gasteiger partial charge in [0.2, 0.25) is 5.91 Å². The van der Waals surface area contributed by atoms with Gasteiger partial charge in [0.25, 0.3) is 0 Å². The lowest BCUT2D eigenvalue weighted by Gasteiger charge is -2.21. The molecule has 0 aromatic carbocycles. The molecule has 1 aromatic heterocycles. The molecule has 1 aromatic rings. The van der Waals surface area contributed by atoms with Crippen molar-refractivity contribution >= 4 is 5.91 Å². The highest BCUT2D eigenvalue weighted by atomic mass is 16.2. The van der Waals surface area contributed by atoms with Crippen LogP contribution in [0.2, 0.25) is 0 Å². The zero-order valence-electron chi connectivity index (χ0n) is 12.8. The van der Waals surface area contributed by atoms with E-state index in [4.69, 9.17) is 0 Å². The van der Waals surface area contributed by atoms with Crippen LogP contribution >= 0.6 is 0 Å². The number of carbonyl (C=O) groups is 1. The summed E-state index contributed by atoms with van der Waals surface area (Å²) in [5.41, 5.74) is 1.02. The van der Waals surface area contributed by atoms with E-state index < -0.39 is 0 Å². The van der Waals surface area contributed by atoms with Gasteiger partial charge in [0.05, 0.1) is 17.8 Å². The van der Waals surface area contributed by atoms with Gasteiger partial charge < -0.3 is 10.6 Å². The maximum Gasteiger partial charge on any atom is 0.237 e. The largest absolute Gasteiger partial charge is 0.352 e. The van der Waals surface area contributed by atoms with E-state index in [0.717, 1.165) is 18.5 Å². The van der Waals surface area contributed by atoms with Crippen LogP contribution in [0.1, 0.15) is 63.6 Å². The third-order valence-electron chi connectivity index (χ3n) is 4.52. The van der Waals surface area contributed by atoms with Gasteiger partial charge >= 0.3 is 0 Å². The summed E-state index contributed by atoms with van der Waals surface area (Å²) in [5.74, 6) is 0.101. The first-order valence-corrected chi connectivity index (χ1v) is 8.30. The first kappa shape index (κ1) is 14.6. The van der Waals surface area contributed by atoms with Crippen molar-refractivity contribution in [1.82, 2.24) is 20.4 Å². The van der Waals surface area contributed by atoms with Crippen LogP contribution in [0.25, 0.3) is 0 Å². The van der Waals surface area contributed by atoms with E-state index in [1.807, 2.05) is 6.92 Å². The van der Waals surface area contributed by atoms with Crippen molar-refractivity contribution in [2.75, 3.05) is 0 Å². The molecule has 1 unspecified atom stereocenters. The number of rotatable bonds is 6. The molecule has 0 radical (unpaired) electrons. The van der Waals surface area contributed by atoms with E-state index in [-0.39, 0.29) is 11.9 Å². The second-order valence-corrected chi connectivity index (χ2v) is 6.46. The van der Waals surface area contributed by atoms with Crippen LogP contribution in [0.4, 0.5) is 0 Å². The minimum absolute atomic E-state index is 0.101. The monoisotopic (exact) mass is 290 g/mol. The Morgan fingerprint density at radius 1 is 1.33 bits per heavy atom. The summed E-state index contributed by atoms with van der Waals surface area (Å²) in [4.78, 5) is 11.9. The summed E-state index contributed by atoms with van der Waals surface area (Å²) in [6.07, 6.45) is 10.8. The van der Waals surface area contributed by atoms with Crippen molar-refractivity contribution in [2.24, 2.45) is 0 Å². The van der Waals surface area contributed by atoms with Gasteiger partial charge in [-0.3, -0.25) is 9.48 Å². The van der Waals surface area contributed by atoms with Crippen molar-refractivity contribution in [1.29, 1.82) is 0 Å². The van der Waals surface area contributed by atoms with Gasteiger partial charge in [-0.05, 0) is 38.7 Å². The third kappa shape index (κ3) is 4.06. The average molecular weight is 290 g/mol. The maximum atomic E-state index is 11.9. The first-order chi connectivity index (χ1) is 10.2. The molecule has 5 nitrogen and oxygen atoms in total. The summed E-state index contributed by atoms with van der Waals surface area (Å²) in [7, 11) is 0. The van der Waals surface area contributed by atoms with E-state index >= 15 is 0 Å². The smallest absolute Gasteiger partial charge is 0.237 e. The van der Waals surface area contributed by atoms with Gasteiger partial charge in [-0.15, -0.1) is 0 Å². The molecule has 2 saturated carbocycles. The van der Waals surface area contributed by atoms with E-state index in [9.17, 15) is 4.79 Å². The molecule has 0 bridgehead atoms. The Hall–Kier alpha value is -1.36. The Bertz CT molecular complexity index is 474. The third-order valence-corrected chi connectivity index (χ3v) is 4.52. The quantitative estimate of drug-likeness (QED) is 0.844. The summed E-state index contributed by atoms with van der Waals surface area (Å²) in [5, 5.41) is 10.9. The standard InChI is InChI=1S/C16H26N4O/c1-12(16(21)18-13-7-8-13)17-11-14-9-10-20(19-14)15-5-3-2-4-6-15/h9-10,12-13,15,17H,2-8,11H2,1H3,(H,18,21). The van der Waals surface area contributed by atoms with Crippen LogP contribution in [0.3, 0.4) is 0 Å². The van der Waals surface area contributed by atoms with Crippen LogP contribution in [0.5, 0.6) is 0 Å². The molecule has 21 heavy (non-hydrogen) atoms. The zero-order chi connectivity index (χ0) is 14.7. The molecule has 1 amide bonds. The lowest BCUT2D eigenvalue weighted by molar-refractivity contribution is -0.122. The molecule has 2 aliphatic rings. The minimum Gasteiger partial charge on any atom is -0.352 e. The molecule has 2 fully saturated rings. The highest BCUT2D eigenvalue weighted by molar-refractivity contribution is 5.81. The molecule has 2 N–H and O–H groups in total. The number of nitrogens with zero attached hydrogens (tertiary/aromatic N) is 2. The number of aromatic nitrogens is 2. The van der Waals surface area contributed by atoms with Crippen molar-refractivity contribution in [2.45, 2.75) is 76.5 Å². The van der Waals surface area contributed by atoms with Crippen LogP contribution < -0.4 is 10.6 Å². The first-order valence-electron chi connectivity index (χ1n) is 8.30. The Balaban J connectivity index is 1.46. The van der Waals surface area contributed by atoms with Gasteiger partial charge in [0.1, 0.15) is 0 Å². The van der Waals surface area contributed by atoms with Crippen molar-refractivity contribution in [3.05, 3.63) is 18.0 Å². The lowest BCUT2D eigenvalue weighted by atomic mass is 9.96. The van der Waals surface area contributed by atoms with Crippen LogP contribution in [-0.4, -0.2) is 27.8 Å². The van der Waals surface area contributed by atoms with Crippen molar-refractivity contribution < 1.29 is 4.79 Å². The summed E-state index contributed by atoms with van der Waals surface area (Å²) in [6.45, 7) is 2.56. The van der Waals surface area contributed by atoms with Crippen molar-refractivity contribution in [3.8, 4) is 0 Å². The van der Waals surface area contributed by atoms with Crippen molar-refractivity contribution in [3.63, 3.8) is 0 Å². The lowest BCUT2D eigenvalue weighted by Crippen LogP contribution is -2.42. The van der Waals surface area contributed by atoms with Gasteiger partial charge in [-0.25, -0.2) is 0 Å². The number of carbonyl (C=O) groups excluding carboxylic acids is 1. The Labute approximate surface area is 126 Å². The fourth-order valence-electron chi connectivity index (χ4n) is 2.92. The average Bonchev–Trinajstić information content (AvgIpc) is 3.20. The second kappa shape index (κ2) is 6.60. The van der Waals surface area contributed by atoms with Crippen LogP contribution in [0.15, 0.2) is 12.3 Å². The number of hydrogen-bond acceptors (Lipinski definition) is 3. The summed E-state index contributed by atoms with van der Waals surface area (Å²) in [6, 6.07) is 2.90. The molecule has 0 spiro atoms. The number of nitrogens with one attached hydrogen (secondary N) is 2. The zero-order valence-corrected chi connectivity index (χ0v) is 12.8. The SMILES string of the molecule is CC(NCc1ccn(C2CCCCC2)n1)C(=O)NC1CC1. The number of hydrogen-bond donors (Lipinski definition) is 2. The van der Waals surface area contributed by atoms with Gasteiger partial charge in [0.15, 0.2) is 0 Å². The Morgan fingerprint density at radius 2 is 2.10 bits per heavy atom. The Kier molecular flexibility index (Phi) is 4.58. The van der Waals surface area contributed by atoms with Gasteiger partial charge in [-0.2, -0.15) is 5.10 Å². The fraction of sp³-hybridized carbons (Fsp3) is 0.750. The van der Waals surface area contributed by atoms with E-state index in [2.05, 4.69) is 32.7 Å². The molecule has 0 aliphatic heterocycles. The van der Waals surface area contributed by atoms with E-state index in [1.165, 1.54) is 32.1 Å². The molecule has 0 saturated heterocycles. The van der Waals surface area contributed by atoms with Crippen LogP contribution in [-0.2, 0) is 11.3 Å². The minimum atomic E-state index is -0.162. The normalized spacial score (nSPS) is 21.2. The molecule has 5 heteroatoms. The van der Waals surface area contributed by atoms with Crippen LogP contribution in [0, 0.1) is 0 Å². The molecular weight excluding hydrogens is 264 g/mol. The predicted molar refractivity (Wildman–Crippen MR) is 81.8 cm³/mol. The molecule has 1 heterocycles.